The fourth-order valence-corrected chi connectivity index (χ4v) is 4.19. The topological polar surface area (TPSA) is 41.3 Å². The summed E-state index contributed by atoms with van der Waals surface area (Å²) in [6, 6.07) is 7.60. The van der Waals surface area contributed by atoms with E-state index in [1.165, 1.54) is 22.4 Å². The lowest BCUT2D eigenvalue weighted by Gasteiger charge is -2.37. The predicted octanol–water partition coefficient (Wildman–Crippen LogP) is 1.73. The summed E-state index contributed by atoms with van der Waals surface area (Å²) in [6.07, 6.45) is 0.995. The molecule has 0 saturated carbocycles. The molecule has 1 aliphatic heterocycles. The molecule has 0 radical (unpaired) electrons. The number of thioether (sulfide) groups is 1. The Labute approximate surface area is 120 Å². The molecule has 0 bridgehead atoms. The zero-order chi connectivity index (χ0) is 13.8. The highest BCUT2D eigenvalue weighted by atomic mass is 32.2. The average Bonchev–Trinajstić information content (AvgIpc) is 2.36. The van der Waals surface area contributed by atoms with Crippen molar-refractivity contribution in [2.75, 3.05) is 25.1 Å². The number of likely N-dealkylation sites (N-methyl/N-ethyl adjacent to an activating group) is 1. The molecule has 2 unspecified atom stereocenters. The molecule has 19 heavy (non-hydrogen) atoms. The number of nitrogens with zero attached hydrogens (tertiary/aromatic N) is 1. The van der Waals surface area contributed by atoms with Gasteiger partial charge in [0, 0.05) is 30.1 Å². The quantitative estimate of drug-likeness (QED) is 0.650. The van der Waals surface area contributed by atoms with Crippen molar-refractivity contribution in [3.05, 3.63) is 34.9 Å². The second-order valence-corrected chi connectivity index (χ2v) is 6.75. The Kier molecular flexibility index (Phi) is 5.28. The molecular weight excluding hydrogens is 254 g/mol. The monoisotopic (exact) mass is 279 g/mol. The second-order valence-electron chi connectivity index (χ2n) is 5.60. The van der Waals surface area contributed by atoms with Crippen molar-refractivity contribution < 1.29 is 0 Å². The Morgan fingerprint density at radius 3 is 2.63 bits per heavy atom. The normalized spacial score (nSPS) is 22.4. The number of benzene rings is 1. The van der Waals surface area contributed by atoms with Gasteiger partial charge in [0.25, 0.3) is 0 Å². The number of nitrogens with two attached hydrogens (primary N) is 1. The SMILES string of the molecule is Cc1cc(C)cc(CC(NN)C2CSCCN2C)c1. The summed E-state index contributed by atoms with van der Waals surface area (Å²) in [5.41, 5.74) is 7.08. The fourth-order valence-electron chi connectivity index (χ4n) is 2.88. The van der Waals surface area contributed by atoms with Gasteiger partial charge >= 0.3 is 0 Å². The molecule has 4 heteroatoms. The second kappa shape index (κ2) is 6.75. The van der Waals surface area contributed by atoms with Gasteiger partial charge in [-0.3, -0.25) is 11.3 Å². The van der Waals surface area contributed by atoms with Gasteiger partial charge in [-0.15, -0.1) is 0 Å². The summed E-state index contributed by atoms with van der Waals surface area (Å²) < 4.78 is 0. The molecule has 2 atom stereocenters. The van der Waals surface area contributed by atoms with E-state index in [2.05, 4.69) is 49.4 Å². The molecule has 0 aliphatic carbocycles. The molecule has 0 amide bonds. The van der Waals surface area contributed by atoms with Crippen LogP contribution in [0.15, 0.2) is 18.2 Å². The van der Waals surface area contributed by atoms with Crippen LogP contribution in [0.1, 0.15) is 16.7 Å². The molecule has 0 aromatic heterocycles. The third-order valence-electron chi connectivity index (χ3n) is 3.86. The van der Waals surface area contributed by atoms with Crippen molar-refractivity contribution in [2.24, 2.45) is 5.84 Å². The largest absolute Gasteiger partial charge is 0.300 e. The van der Waals surface area contributed by atoms with E-state index in [1.54, 1.807) is 0 Å². The van der Waals surface area contributed by atoms with Gasteiger partial charge in [0.1, 0.15) is 0 Å². The molecule has 1 aromatic rings. The van der Waals surface area contributed by atoms with Crippen LogP contribution in [0.2, 0.25) is 0 Å². The van der Waals surface area contributed by atoms with Crippen LogP contribution in [0.3, 0.4) is 0 Å². The molecule has 1 aromatic carbocycles. The van der Waals surface area contributed by atoms with Crippen LogP contribution in [0.5, 0.6) is 0 Å². The first-order chi connectivity index (χ1) is 9.10. The first-order valence-electron chi connectivity index (χ1n) is 6.91. The minimum absolute atomic E-state index is 0.319. The zero-order valence-corrected chi connectivity index (χ0v) is 13.0. The maximum atomic E-state index is 5.80. The molecule has 106 valence electrons. The number of hydrogen-bond acceptors (Lipinski definition) is 4. The van der Waals surface area contributed by atoms with Gasteiger partial charge in [-0.25, -0.2) is 0 Å². The molecule has 3 nitrogen and oxygen atoms in total. The lowest BCUT2D eigenvalue weighted by atomic mass is 9.97. The molecule has 2 rings (SSSR count). The van der Waals surface area contributed by atoms with Gasteiger partial charge in [-0.05, 0) is 32.9 Å². The maximum absolute atomic E-state index is 5.80. The van der Waals surface area contributed by atoms with E-state index < -0.39 is 0 Å². The molecule has 3 N–H and O–H groups in total. The van der Waals surface area contributed by atoms with E-state index in [0.717, 1.165) is 18.7 Å². The Bertz CT molecular complexity index is 402. The van der Waals surface area contributed by atoms with Crippen molar-refractivity contribution in [1.29, 1.82) is 0 Å². The first-order valence-corrected chi connectivity index (χ1v) is 8.07. The van der Waals surface area contributed by atoms with Crippen LogP contribution in [0, 0.1) is 13.8 Å². The van der Waals surface area contributed by atoms with Gasteiger partial charge in [-0.2, -0.15) is 11.8 Å². The van der Waals surface area contributed by atoms with E-state index in [0.29, 0.717) is 12.1 Å². The van der Waals surface area contributed by atoms with Crippen molar-refractivity contribution in [2.45, 2.75) is 32.4 Å². The maximum Gasteiger partial charge on any atom is 0.0414 e. The number of nitrogens with one attached hydrogen (secondary N) is 1. The first kappa shape index (κ1) is 14.9. The van der Waals surface area contributed by atoms with Crippen molar-refractivity contribution in [3.63, 3.8) is 0 Å². The van der Waals surface area contributed by atoms with Gasteiger partial charge in [0.2, 0.25) is 0 Å². The minimum atomic E-state index is 0.319. The highest BCUT2D eigenvalue weighted by molar-refractivity contribution is 7.99. The summed E-state index contributed by atoms with van der Waals surface area (Å²) in [6.45, 7) is 5.47. The van der Waals surface area contributed by atoms with Crippen LogP contribution in [-0.2, 0) is 6.42 Å². The molecule has 1 heterocycles. The Morgan fingerprint density at radius 1 is 1.37 bits per heavy atom. The van der Waals surface area contributed by atoms with Crippen LogP contribution >= 0.6 is 11.8 Å². The predicted molar refractivity (Wildman–Crippen MR) is 84.5 cm³/mol. The molecule has 1 fully saturated rings. The number of hydrazine groups is 1. The van der Waals surface area contributed by atoms with Gasteiger partial charge < -0.3 is 4.90 Å². The third-order valence-corrected chi connectivity index (χ3v) is 4.91. The van der Waals surface area contributed by atoms with Crippen LogP contribution in [0.4, 0.5) is 0 Å². The Morgan fingerprint density at radius 2 is 2.05 bits per heavy atom. The van der Waals surface area contributed by atoms with E-state index in [9.17, 15) is 0 Å². The summed E-state index contributed by atoms with van der Waals surface area (Å²) in [5.74, 6) is 8.20. The van der Waals surface area contributed by atoms with Crippen molar-refractivity contribution in [3.8, 4) is 0 Å². The summed E-state index contributed by atoms with van der Waals surface area (Å²) >= 11 is 2.03. The zero-order valence-electron chi connectivity index (χ0n) is 12.1. The van der Waals surface area contributed by atoms with E-state index in [4.69, 9.17) is 5.84 Å². The van der Waals surface area contributed by atoms with Gasteiger partial charge in [-0.1, -0.05) is 29.3 Å². The standard InChI is InChI=1S/C15H25N3S/c1-11-6-12(2)8-13(7-11)9-14(17-16)15-10-19-5-4-18(15)3/h6-8,14-15,17H,4-5,9-10,16H2,1-3H3. The molecular formula is C15H25N3S. The Balaban J connectivity index is 2.09. The van der Waals surface area contributed by atoms with Crippen LogP contribution in [0.25, 0.3) is 0 Å². The number of hydrogen-bond donors (Lipinski definition) is 2. The number of aryl methyl sites for hydroxylation is 2. The molecule has 1 saturated heterocycles. The fraction of sp³-hybridized carbons (Fsp3) is 0.600. The molecule has 1 aliphatic rings. The summed E-state index contributed by atoms with van der Waals surface area (Å²) in [4.78, 5) is 2.43. The highest BCUT2D eigenvalue weighted by Gasteiger charge is 2.27. The lowest BCUT2D eigenvalue weighted by Crippen LogP contribution is -2.55. The minimum Gasteiger partial charge on any atom is -0.300 e. The highest BCUT2D eigenvalue weighted by Crippen LogP contribution is 2.20. The third kappa shape index (κ3) is 3.96. The van der Waals surface area contributed by atoms with Crippen LogP contribution < -0.4 is 11.3 Å². The Hall–Kier alpha value is -0.550. The summed E-state index contributed by atoms with van der Waals surface area (Å²) in [5, 5.41) is 0. The molecule has 0 spiro atoms. The summed E-state index contributed by atoms with van der Waals surface area (Å²) in [7, 11) is 2.20. The van der Waals surface area contributed by atoms with Crippen molar-refractivity contribution in [1.82, 2.24) is 10.3 Å². The van der Waals surface area contributed by atoms with Gasteiger partial charge in [0.05, 0.1) is 0 Å². The lowest BCUT2D eigenvalue weighted by molar-refractivity contribution is 0.214. The van der Waals surface area contributed by atoms with E-state index in [1.807, 2.05) is 11.8 Å². The van der Waals surface area contributed by atoms with Crippen LogP contribution in [-0.4, -0.2) is 42.1 Å². The smallest absolute Gasteiger partial charge is 0.0414 e. The number of rotatable bonds is 4. The van der Waals surface area contributed by atoms with E-state index >= 15 is 0 Å². The van der Waals surface area contributed by atoms with Crippen molar-refractivity contribution >= 4 is 11.8 Å². The van der Waals surface area contributed by atoms with Gasteiger partial charge in [0.15, 0.2) is 0 Å². The average molecular weight is 279 g/mol. The van der Waals surface area contributed by atoms with E-state index in [-0.39, 0.29) is 0 Å².